The molecule has 134 valence electrons. The van der Waals surface area contributed by atoms with Gasteiger partial charge in [0.05, 0.1) is 11.3 Å². The van der Waals surface area contributed by atoms with Gasteiger partial charge in [0.25, 0.3) is 0 Å². The van der Waals surface area contributed by atoms with Crippen LogP contribution in [0.25, 0.3) is 0 Å². The molecule has 2 heterocycles. The van der Waals surface area contributed by atoms with Crippen LogP contribution in [0.1, 0.15) is 12.0 Å². The van der Waals surface area contributed by atoms with Gasteiger partial charge in [-0.2, -0.15) is 0 Å². The Kier molecular flexibility index (Phi) is 5.43. The molecule has 3 rings (SSSR count). The summed E-state index contributed by atoms with van der Waals surface area (Å²) in [5, 5.41) is 17.5. The maximum atomic E-state index is 11.3. The normalized spacial score (nSPS) is 10.5. The highest BCUT2D eigenvalue weighted by Crippen LogP contribution is 2.27. The van der Waals surface area contributed by atoms with Gasteiger partial charge >= 0.3 is 5.69 Å². The average Bonchev–Trinajstić information content (AvgIpc) is 3.14. The monoisotopic (exact) mass is 352 g/mol. The van der Waals surface area contributed by atoms with Crippen LogP contribution in [-0.2, 0) is 6.54 Å². The van der Waals surface area contributed by atoms with E-state index >= 15 is 0 Å². The number of imidazole rings is 1. The summed E-state index contributed by atoms with van der Waals surface area (Å²) in [6.07, 6.45) is 6.31. The topological polar surface area (TPSA) is 97.9 Å². The van der Waals surface area contributed by atoms with Crippen molar-refractivity contribution in [2.45, 2.75) is 19.9 Å². The van der Waals surface area contributed by atoms with Crippen LogP contribution in [0.4, 0.5) is 23.0 Å². The quantitative estimate of drug-likeness (QED) is 0.364. The van der Waals surface area contributed by atoms with Crippen LogP contribution in [0.3, 0.4) is 0 Å². The van der Waals surface area contributed by atoms with Crippen molar-refractivity contribution < 1.29 is 4.92 Å². The number of nitrogens with zero attached hydrogens (tertiary/aromatic N) is 4. The van der Waals surface area contributed by atoms with E-state index in [1.807, 2.05) is 42.0 Å². The van der Waals surface area contributed by atoms with Gasteiger partial charge in [-0.1, -0.05) is 17.7 Å². The van der Waals surface area contributed by atoms with Gasteiger partial charge < -0.3 is 15.2 Å². The molecule has 0 aliphatic carbocycles. The van der Waals surface area contributed by atoms with Gasteiger partial charge in [0.15, 0.2) is 0 Å². The maximum absolute atomic E-state index is 11.3. The zero-order valence-corrected chi connectivity index (χ0v) is 14.4. The van der Waals surface area contributed by atoms with Crippen LogP contribution in [0.2, 0.25) is 0 Å². The van der Waals surface area contributed by atoms with Gasteiger partial charge in [0, 0.05) is 37.2 Å². The summed E-state index contributed by atoms with van der Waals surface area (Å²) in [7, 11) is 0. The summed E-state index contributed by atoms with van der Waals surface area (Å²) in [6, 6.07) is 10.7. The predicted octanol–water partition coefficient (Wildman–Crippen LogP) is 3.74. The van der Waals surface area contributed by atoms with Crippen molar-refractivity contribution in [3.05, 3.63) is 70.8 Å². The zero-order valence-electron chi connectivity index (χ0n) is 14.4. The lowest BCUT2D eigenvalue weighted by Crippen LogP contribution is -2.08. The Morgan fingerprint density at radius 2 is 2.00 bits per heavy atom. The lowest BCUT2D eigenvalue weighted by molar-refractivity contribution is -0.384. The Labute approximate surface area is 151 Å². The number of nitrogens with one attached hydrogen (secondary N) is 2. The lowest BCUT2D eigenvalue weighted by atomic mass is 10.2. The second-order valence-corrected chi connectivity index (χ2v) is 5.89. The highest BCUT2D eigenvalue weighted by atomic mass is 16.6. The number of aryl methyl sites for hydroxylation is 2. The first-order valence-electron chi connectivity index (χ1n) is 8.30. The summed E-state index contributed by atoms with van der Waals surface area (Å²) >= 11 is 0. The third-order valence-corrected chi connectivity index (χ3v) is 3.84. The van der Waals surface area contributed by atoms with Crippen molar-refractivity contribution in [1.82, 2.24) is 14.5 Å². The van der Waals surface area contributed by atoms with E-state index in [0.29, 0.717) is 12.4 Å². The Morgan fingerprint density at radius 3 is 2.69 bits per heavy atom. The van der Waals surface area contributed by atoms with Crippen molar-refractivity contribution in [2.75, 3.05) is 17.2 Å². The largest absolute Gasteiger partial charge is 0.370 e. The van der Waals surface area contributed by atoms with E-state index in [0.717, 1.165) is 24.2 Å². The molecule has 0 fully saturated rings. The van der Waals surface area contributed by atoms with Gasteiger partial charge in [-0.3, -0.25) is 10.1 Å². The Hall–Kier alpha value is -3.42. The molecule has 2 N–H and O–H groups in total. The molecule has 0 saturated carbocycles. The number of anilines is 3. The number of hydrogen-bond acceptors (Lipinski definition) is 6. The molecule has 0 spiro atoms. The molecule has 0 unspecified atom stereocenters. The van der Waals surface area contributed by atoms with Crippen LogP contribution in [0.15, 0.2) is 55.1 Å². The summed E-state index contributed by atoms with van der Waals surface area (Å²) in [4.78, 5) is 19.2. The highest BCUT2D eigenvalue weighted by molar-refractivity contribution is 5.67. The maximum Gasteiger partial charge on any atom is 0.311 e. The standard InChI is InChI=1S/C18H20N6O2/c1-14-3-5-15(6-4-14)21-18-16(24(25)26)7-8-17(22-18)20-9-2-11-23-12-10-19-13-23/h3-8,10,12-13H,2,9,11H2,1H3,(H2,20,21,22). The molecule has 2 aromatic heterocycles. The van der Waals surface area contributed by atoms with Crippen molar-refractivity contribution in [1.29, 1.82) is 0 Å². The first-order valence-corrected chi connectivity index (χ1v) is 8.30. The average molecular weight is 352 g/mol. The second kappa shape index (κ2) is 8.11. The highest BCUT2D eigenvalue weighted by Gasteiger charge is 2.16. The van der Waals surface area contributed by atoms with E-state index in [4.69, 9.17) is 0 Å². The van der Waals surface area contributed by atoms with Gasteiger partial charge in [0.2, 0.25) is 5.82 Å². The molecule has 0 aliphatic rings. The minimum atomic E-state index is -0.438. The lowest BCUT2D eigenvalue weighted by Gasteiger charge is -2.10. The molecule has 0 saturated heterocycles. The molecule has 8 nitrogen and oxygen atoms in total. The fourth-order valence-electron chi connectivity index (χ4n) is 2.46. The van der Waals surface area contributed by atoms with Crippen molar-refractivity contribution in [2.24, 2.45) is 0 Å². The number of nitro groups is 1. The number of aromatic nitrogens is 3. The van der Waals surface area contributed by atoms with Gasteiger partial charge in [0.1, 0.15) is 5.82 Å². The Bertz CT molecular complexity index is 862. The van der Waals surface area contributed by atoms with E-state index in [9.17, 15) is 10.1 Å². The number of rotatable bonds is 8. The van der Waals surface area contributed by atoms with Crippen LogP contribution in [0.5, 0.6) is 0 Å². The summed E-state index contributed by atoms with van der Waals surface area (Å²) in [5.41, 5.74) is 1.81. The molecule has 8 heteroatoms. The smallest absolute Gasteiger partial charge is 0.311 e. The molecule has 0 radical (unpaired) electrons. The molecule has 0 aliphatic heterocycles. The predicted molar refractivity (Wildman–Crippen MR) is 101 cm³/mol. The van der Waals surface area contributed by atoms with Gasteiger partial charge in [-0.25, -0.2) is 9.97 Å². The zero-order chi connectivity index (χ0) is 18.4. The van der Waals surface area contributed by atoms with E-state index in [1.165, 1.54) is 6.07 Å². The molecule has 0 amide bonds. The number of pyridine rings is 1. The first-order chi connectivity index (χ1) is 12.6. The summed E-state index contributed by atoms with van der Waals surface area (Å²) in [5.74, 6) is 0.814. The molecule has 1 aromatic carbocycles. The SMILES string of the molecule is Cc1ccc(Nc2nc(NCCCn3ccnc3)ccc2[N+](=O)[O-])cc1. The summed E-state index contributed by atoms with van der Waals surface area (Å²) < 4.78 is 2.00. The molecular formula is C18H20N6O2. The molecular weight excluding hydrogens is 332 g/mol. The van der Waals surface area contributed by atoms with Gasteiger partial charge in [-0.05, 0) is 31.5 Å². The van der Waals surface area contributed by atoms with E-state index < -0.39 is 4.92 Å². The second-order valence-electron chi connectivity index (χ2n) is 5.89. The molecule has 0 bridgehead atoms. The molecule has 26 heavy (non-hydrogen) atoms. The fraction of sp³-hybridized carbons (Fsp3) is 0.222. The third-order valence-electron chi connectivity index (χ3n) is 3.84. The van der Waals surface area contributed by atoms with Crippen molar-refractivity contribution in [3.8, 4) is 0 Å². The first kappa shape index (κ1) is 17.4. The van der Waals surface area contributed by atoms with Crippen LogP contribution in [-0.4, -0.2) is 26.0 Å². The summed E-state index contributed by atoms with van der Waals surface area (Å²) in [6.45, 7) is 3.53. The minimum absolute atomic E-state index is 0.0606. The molecule has 3 aromatic rings. The van der Waals surface area contributed by atoms with Crippen molar-refractivity contribution >= 4 is 23.0 Å². The van der Waals surface area contributed by atoms with Crippen LogP contribution >= 0.6 is 0 Å². The van der Waals surface area contributed by atoms with E-state index in [-0.39, 0.29) is 11.5 Å². The third kappa shape index (κ3) is 4.56. The fourth-order valence-corrected chi connectivity index (χ4v) is 2.46. The van der Waals surface area contributed by atoms with Crippen molar-refractivity contribution in [3.63, 3.8) is 0 Å². The van der Waals surface area contributed by atoms with E-state index in [1.54, 1.807) is 18.6 Å². The Morgan fingerprint density at radius 1 is 1.19 bits per heavy atom. The van der Waals surface area contributed by atoms with Crippen LogP contribution < -0.4 is 10.6 Å². The number of benzene rings is 1. The molecule has 0 atom stereocenters. The van der Waals surface area contributed by atoms with E-state index in [2.05, 4.69) is 20.6 Å². The minimum Gasteiger partial charge on any atom is -0.370 e. The van der Waals surface area contributed by atoms with Crippen LogP contribution in [0, 0.1) is 17.0 Å². The van der Waals surface area contributed by atoms with Gasteiger partial charge in [-0.15, -0.1) is 0 Å². The number of hydrogen-bond donors (Lipinski definition) is 2. The Balaban J connectivity index is 1.67.